The van der Waals surface area contributed by atoms with E-state index in [9.17, 15) is 4.79 Å². The molecule has 9 heteroatoms. The van der Waals surface area contributed by atoms with E-state index in [1.165, 1.54) is 18.2 Å². The van der Waals surface area contributed by atoms with Gasteiger partial charge in [0.2, 0.25) is 5.95 Å². The Hall–Kier alpha value is -1.76. The fraction of sp³-hybridized carbons (Fsp3) is 0.0833. The van der Waals surface area contributed by atoms with E-state index in [2.05, 4.69) is 9.97 Å². The van der Waals surface area contributed by atoms with E-state index in [1.807, 2.05) is 0 Å². The molecular weight excluding hydrogens is 339 g/mol. The van der Waals surface area contributed by atoms with E-state index >= 15 is 0 Å². The lowest BCUT2D eigenvalue weighted by molar-refractivity contribution is -0.119. The van der Waals surface area contributed by atoms with Gasteiger partial charge in [-0.05, 0) is 12.1 Å². The van der Waals surface area contributed by atoms with Gasteiger partial charge in [-0.15, -0.1) is 0 Å². The van der Waals surface area contributed by atoms with Gasteiger partial charge in [0.1, 0.15) is 10.9 Å². The number of hydrogen-bond donors (Lipinski definition) is 2. The number of amides is 1. The van der Waals surface area contributed by atoms with Gasteiger partial charge in [-0.3, -0.25) is 4.79 Å². The zero-order valence-corrected chi connectivity index (χ0v) is 12.7. The van der Waals surface area contributed by atoms with Crippen molar-refractivity contribution >= 4 is 46.7 Å². The van der Waals surface area contributed by atoms with Gasteiger partial charge >= 0.3 is 0 Å². The Kier molecular flexibility index (Phi) is 4.72. The van der Waals surface area contributed by atoms with Crippen LogP contribution in [0, 0.1) is 0 Å². The Morgan fingerprint density at radius 1 is 1.14 bits per heavy atom. The van der Waals surface area contributed by atoms with Gasteiger partial charge in [0.05, 0.1) is 15.7 Å². The number of carbonyl (C=O) groups excluding carboxylic acids is 1. The summed E-state index contributed by atoms with van der Waals surface area (Å²) in [5.41, 5.74) is 11.5. The Bertz CT molecular complexity index is 689. The summed E-state index contributed by atoms with van der Waals surface area (Å²) in [5, 5.41) is 0.724. The minimum absolute atomic E-state index is 0.00289. The number of nitrogens with zero attached hydrogens (tertiary/aromatic N) is 2. The predicted molar refractivity (Wildman–Crippen MR) is 81.6 cm³/mol. The number of nitrogens with two attached hydrogens (primary N) is 2. The Labute approximate surface area is 135 Å². The predicted octanol–water partition coefficient (Wildman–Crippen LogP) is 2.55. The van der Waals surface area contributed by atoms with E-state index < -0.39 is 5.91 Å². The molecule has 110 valence electrons. The molecule has 0 bridgehead atoms. The third kappa shape index (κ3) is 3.87. The SMILES string of the molecule is NC(=O)COc1cc(-c2cc(Cl)nc(N)n2)c(Cl)cc1Cl. The molecule has 0 aliphatic carbocycles. The average Bonchev–Trinajstić information content (AvgIpc) is 2.36. The van der Waals surface area contributed by atoms with E-state index in [0.717, 1.165) is 0 Å². The fourth-order valence-electron chi connectivity index (χ4n) is 1.56. The molecule has 2 aromatic rings. The van der Waals surface area contributed by atoms with Crippen LogP contribution in [0.15, 0.2) is 18.2 Å². The van der Waals surface area contributed by atoms with Crippen LogP contribution in [-0.4, -0.2) is 22.5 Å². The summed E-state index contributed by atoms with van der Waals surface area (Å²) in [6, 6.07) is 4.47. The van der Waals surface area contributed by atoms with Crippen molar-refractivity contribution in [2.75, 3.05) is 12.3 Å². The van der Waals surface area contributed by atoms with E-state index in [1.54, 1.807) is 0 Å². The molecular formula is C12H9Cl3N4O2. The number of benzene rings is 1. The molecule has 4 N–H and O–H groups in total. The third-order valence-electron chi connectivity index (χ3n) is 2.38. The minimum Gasteiger partial charge on any atom is -0.482 e. The van der Waals surface area contributed by atoms with Crippen molar-refractivity contribution in [1.29, 1.82) is 0 Å². The molecule has 2 rings (SSSR count). The molecule has 21 heavy (non-hydrogen) atoms. The molecule has 0 unspecified atom stereocenters. The molecule has 0 aliphatic heterocycles. The van der Waals surface area contributed by atoms with Gasteiger partial charge in [0.15, 0.2) is 6.61 Å². The molecule has 1 heterocycles. The molecule has 1 aromatic heterocycles. The van der Waals surface area contributed by atoms with Crippen molar-refractivity contribution in [2.45, 2.75) is 0 Å². The standard InChI is InChI=1S/C12H9Cl3N4O2/c13-6-2-7(14)9(21-4-11(16)20)1-5(6)8-3-10(15)19-12(17)18-8/h1-3H,4H2,(H2,16,20)(H2,17,18,19). The highest BCUT2D eigenvalue weighted by atomic mass is 35.5. The Morgan fingerprint density at radius 2 is 1.86 bits per heavy atom. The quantitative estimate of drug-likeness (QED) is 0.827. The van der Waals surface area contributed by atoms with E-state index in [-0.39, 0.29) is 28.5 Å². The molecule has 6 nitrogen and oxygen atoms in total. The number of primary amides is 1. The molecule has 1 amide bonds. The van der Waals surface area contributed by atoms with Gasteiger partial charge in [0, 0.05) is 11.6 Å². The first-order chi connectivity index (χ1) is 9.86. The second kappa shape index (κ2) is 6.34. The highest BCUT2D eigenvalue weighted by Crippen LogP contribution is 2.36. The number of rotatable bonds is 4. The van der Waals surface area contributed by atoms with Crippen LogP contribution in [0.2, 0.25) is 15.2 Å². The lowest BCUT2D eigenvalue weighted by Crippen LogP contribution is -2.20. The molecule has 0 atom stereocenters. The van der Waals surface area contributed by atoms with Crippen LogP contribution in [-0.2, 0) is 4.79 Å². The zero-order valence-electron chi connectivity index (χ0n) is 10.4. The monoisotopic (exact) mass is 346 g/mol. The van der Waals surface area contributed by atoms with Crippen molar-refractivity contribution in [3.05, 3.63) is 33.4 Å². The summed E-state index contributed by atoms with van der Waals surface area (Å²) in [6.45, 7) is -0.312. The third-order valence-corrected chi connectivity index (χ3v) is 3.18. The second-order valence-corrected chi connectivity index (χ2v) is 5.15. The first-order valence-corrected chi connectivity index (χ1v) is 6.71. The summed E-state index contributed by atoms with van der Waals surface area (Å²) in [5.74, 6) is -0.386. The fourth-order valence-corrected chi connectivity index (χ4v) is 2.28. The molecule has 1 aromatic carbocycles. The number of anilines is 1. The van der Waals surface area contributed by atoms with Gasteiger partial charge < -0.3 is 16.2 Å². The maximum atomic E-state index is 10.8. The van der Waals surface area contributed by atoms with Crippen LogP contribution < -0.4 is 16.2 Å². The lowest BCUT2D eigenvalue weighted by atomic mass is 10.1. The van der Waals surface area contributed by atoms with Crippen molar-refractivity contribution in [2.24, 2.45) is 5.73 Å². The molecule has 0 saturated carbocycles. The largest absolute Gasteiger partial charge is 0.482 e. The van der Waals surface area contributed by atoms with Crippen molar-refractivity contribution < 1.29 is 9.53 Å². The van der Waals surface area contributed by atoms with Crippen LogP contribution in [0.3, 0.4) is 0 Å². The van der Waals surface area contributed by atoms with Crippen molar-refractivity contribution in [3.63, 3.8) is 0 Å². The highest BCUT2D eigenvalue weighted by molar-refractivity contribution is 6.37. The van der Waals surface area contributed by atoms with Crippen LogP contribution >= 0.6 is 34.8 Å². The van der Waals surface area contributed by atoms with Gasteiger partial charge in [0.25, 0.3) is 5.91 Å². The Morgan fingerprint density at radius 3 is 2.48 bits per heavy atom. The number of halogens is 3. The van der Waals surface area contributed by atoms with Crippen LogP contribution in [0.25, 0.3) is 11.3 Å². The summed E-state index contributed by atoms with van der Waals surface area (Å²) < 4.78 is 5.20. The maximum Gasteiger partial charge on any atom is 0.255 e. The zero-order chi connectivity index (χ0) is 15.6. The summed E-state index contributed by atoms with van der Waals surface area (Å²) in [4.78, 5) is 18.6. The second-order valence-electron chi connectivity index (χ2n) is 3.95. The summed E-state index contributed by atoms with van der Waals surface area (Å²) >= 11 is 18.0. The molecule has 0 fully saturated rings. The molecule has 0 saturated heterocycles. The lowest BCUT2D eigenvalue weighted by Gasteiger charge is -2.11. The average molecular weight is 348 g/mol. The van der Waals surface area contributed by atoms with E-state index in [0.29, 0.717) is 16.3 Å². The minimum atomic E-state index is -0.628. The molecule has 0 spiro atoms. The van der Waals surface area contributed by atoms with E-state index in [4.69, 9.17) is 51.0 Å². The molecule has 0 radical (unpaired) electrons. The Balaban J connectivity index is 2.47. The smallest absolute Gasteiger partial charge is 0.255 e. The number of nitrogen functional groups attached to an aromatic ring is 1. The van der Waals surface area contributed by atoms with Crippen LogP contribution in [0.4, 0.5) is 5.95 Å². The number of hydrogen-bond acceptors (Lipinski definition) is 5. The maximum absolute atomic E-state index is 10.8. The first-order valence-electron chi connectivity index (χ1n) is 5.57. The van der Waals surface area contributed by atoms with Crippen molar-refractivity contribution in [1.82, 2.24) is 9.97 Å². The van der Waals surface area contributed by atoms with Crippen LogP contribution in [0.5, 0.6) is 5.75 Å². The topological polar surface area (TPSA) is 104 Å². The van der Waals surface area contributed by atoms with Gasteiger partial charge in [-0.25, -0.2) is 9.97 Å². The molecule has 0 aliphatic rings. The summed E-state index contributed by atoms with van der Waals surface area (Å²) in [6.07, 6.45) is 0. The number of carbonyl (C=O) groups is 1. The van der Waals surface area contributed by atoms with Gasteiger partial charge in [-0.1, -0.05) is 34.8 Å². The normalized spacial score (nSPS) is 10.4. The number of aromatic nitrogens is 2. The van der Waals surface area contributed by atoms with Crippen LogP contribution in [0.1, 0.15) is 0 Å². The highest BCUT2D eigenvalue weighted by Gasteiger charge is 2.13. The summed E-state index contributed by atoms with van der Waals surface area (Å²) in [7, 11) is 0. The van der Waals surface area contributed by atoms with Gasteiger partial charge in [-0.2, -0.15) is 0 Å². The number of ether oxygens (including phenoxy) is 1. The van der Waals surface area contributed by atoms with Crippen molar-refractivity contribution in [3.8, 4) is 17.0 Å². The first kappa shape index (κ1) is 15.6.